The summed E-state index contributed by atoms with van der Waals surface area (Å²) in [4.78, 5) is 0. The van der Waals surface area contributed by atoms with Crippen LogP contribution >= 0.6 is 11.6 Å². The normalized spacial score (nSPS) is 24.2. The lowest BCUT2D eigenvalue weighted by Gasteiger charge is -2.24. The largest absolute Gasteiger partial charge is 0.378 e. The van der Waals surface area contributed by atoms with Gasteiger partial charge in [0.15, 0.2) is 0 Å². The summed E-state index contributed by atoms with van der Waals surface area (Å²) in [6.07, 6.45) is 3.54. The Labute approximate surface area is 126 Å². The van der Waals surface area contributed by atoms with E-state index in [4.69, 9.17) is 16.3 Å². The van der Waals surface area contributed by atoms with Gasteiger partial charge in [-0.15, -0.1) is 0 Å². The van der Waals surface area contributed by atoms with E-state index >= 15 is 0 Å². The van der Waals surface area contributed by atoms with Gasteiger partial charge in [0.25, 0.3) is 0 Å². The van der Waals surface area contributed by atoms with Gasteiger partial charge in [-0.05, 0) is 33.2 Å². The molecule has 1 aliphatic heterocycles. The van der Waals surface area contributed by atoms with Crippen molar-refractivity contribution in [1.29, 1.82) is 0 Å². The zero-order valence-corrected chi connectivity index (χ0v) is 13.7. The van der Waals surface area contributed by atoms with E-state index in [1.165, 1.54) is 0 Å². The molecule has 0 amide bonds. The molecule has 2 rings (SSSR count). The lowest BCUT2D eigenvalue weighted by Crippen LogP contribution is -2.39. The molecule has 1 aromatic rings. The predicted molar refractivity (Wildman–Crippen MR) is 82.3 cm³/mol. The van der Waals surface area contributed by atoms with E-state index in [1.54, 1.807) is 0 Å². The maximum atomic E-state index is 6.39. The Morgan fingerprint density at radius 2 is 2.30 bits per heavy atom. The van der Waals surface area contributed by atoms with Gasteiger partial charge in [-0.3, -0.25) is 4.68 Å². The van der Waals surface area contributed by atoms with Gasteiger partial charge in [0.1, 0.15) is 0 Å². The van der Waals surface area contributed by atoms with Crippen LogP contribution in [-0.2, 0) is 18.2 Å². The number of halogens is 1. The van der Waals surface area contributed by atoms with Crippen LogP contribution in [0.15, 0.2) is 0 Å². The fourth-order valence-corrected chi connectivity index (χ4v) is 3.21. The quantitative estimate of drug-likeness (QED) is 0.878. The number of ether oxygens (including phenoxy) is 1. The molecule has 3 atom stereocenters. The third kappa shape index (κ3) is 3.54. The Morgan fingerprint density at radius 3 is 2.80 bits per heavy atom. The van der Waals surface area contributed by atoms with Crippen LogP contribution in [0.5, 0.6) is 0 Å². The fourth-order valence-electron chi connectivity index (χ4n) is 2.98. The van der Waals surface area contributed by atoms with Gasteiger partial charge in [-0.2, -0.15) is 5.10 Å². The topological polar surface area (TPSA) is 39.1 Å². The van der Waals surface area contributed by atoms with Crippen LogP contribution in [0.1, 0.15) is 38.1 Å². The highest BCUT2D eigenvalue weighted by molar-refractivity contribution is 6.31. The summed E-state index contributed by atoms with van der Waals surface area (Å²) in [5.74, 6) is 0.558. The standard InChI is InChI=1S/C15H26ClN3O/c1-5-6-17-13(12-7-10(2)20-9-12)8-14-15(16)11(3)18-19(14)4/h10,12-13,17H,5-9H2,1-4H3. The Hall–Kier alpha value is -0.580. The molecule has 5 heteroatoms. The molecule has 0 saturated carbocycles. The number of rotatable bonds is 6. The van der Waals surface area contributed by atoms with E-state index in [-0.39, 0.29) is 0 Å². The van der Waals surface area contributed by atoms with Crippen molar-refractivity contribution in [3.8, 4) is 0 Å². The summed E-state index contributed by atoms with van der Waals surface area (Å²) < 4.78 is 7.65. The monoisotopic (exact) mass is 299 g/mol. The molecule has 114 valence electrons. The SMILES string of the molecule is CCCNC(Cc1c(Cl)c(C)nn1C)C1COC(C)C1. The molecule has 0 aliphatic carbocycles. The van der Waals surface area contributed by atoms with Crippen LogP contribution in [0.3, 0.4) is 0 Å². The first-order valence-electron chi connectivity index (χ1n) is 7.55. The van der Waals surface area contributed by atoms with Crippen LogP contribution < -0.4 is 5.32 Å². The second kappa shape index (κ2) is 6.92. The number of aromatic nitrogens is 2. The van der Waals surface area contributed by atoms with Crippen molar-refractivity contribution in [2.45, 2.75) is 52.2 Å². The number of hydrogen-bond acceptors (Lipinski definition) is 3. The zero-order valence-electron chi connectivity index (χ0n) is 12.9. The molecule has 1 aliphatic rings. The van der Waals surface area contributed by atoms with Gasteiger partial charge in [-0.25, -0.2) is 0 Å². The first kappa shape index (κ1) is 15.8. The van der Waals surface area contributed by atoms with Gasteiger partial charge in [0.05, 0.1) is 29.1 Å². The Kier molecular flexibility index (Phi) is 5.47. The van der Waals surface area contributed by atoms with E-state index in [0.29, 0.717) is 18.1 Å². The summed E-state index contributed by atoms with van der Waals surface area (Å²) in [7, 11) is 1.97. The molecule has 1 aromatic heterocycles. The van der Waals surface area contributed by atoms with Crippen LogP contribution in [0.2, 0.25) is 5.02 Å². The summed E-state index contributed by atoms with van der Waals surface area (Å²) >= 11 is 6.39. The van der Waals surface area contributed by atoms with Gasteiger partial charge in [0, 0.05) is 25.4 Å². The minimum Gasteiger partial charge on any atom is -0.378 e. The van der Waals surface area contributed by atoms with Crippen molar-refractivity contribution < 1.29 is 4.74 Å². The second-order valence-electron chi connectivity index (χ2n) is 5.87. The minimum atomic E-state index is 0.370. The Morgan fingerprint density at radius 1 is 1.55 bits per heavy atom. The van der Waals surface area contributed by atoms with E-state index < -0.39 is 0 Å². The highest BCUT2D eigenvalue weighted by Crippen LogP contribution is 2.27. The second-order valence-corrected chi connectivity index (χ2v) is 6.25. The molecule has 0 spiro atoms. The summed E-state index contributed by atoms with van der Waals surface area (Å²) in [6, 6.07) is 0.409. The van der Waals surface area contributed by atoms with Crippen LogP contribution in [0.25, 0.3) is 0 Å². The Bertz CT molecular complexity index is 447. The molecular formula is C15H26ClN3O. The third-order valence-corrected chi connectivity index (χ3v) is 4.62. The van der Waals surface area contributed by atoms with E-state index in [9.17, 15) is 0 Å². The van der Waals surface area contributed by atoms with Gasteiger partial charge >= 0.3 is 0 Å². The molecule has 1 N–H and O–H groups in total. The first-order valence-corrected chi connectivity index (χ1v) is 7.93. The molecule has 4 nitrogen and oxygen atoms in total. The first-order chi connectivity index (χ1) is 9.52. The third-order valence-electron chi connectivity index (χ3n) is 4.13. The highest BCUT2D eigenvalue weighted by Gasteiger charge is 2.30. The lowest BCUT2D eigenvalue weighted by atomic mass is 9.93. The molecular weight excluding hydrogens is 274 g/mol. The molecule has 2 heterocycles. The van der Waals surface area contributed by atoms with Crippen molar-refractivity contribution in [2.24, 2.45) is 13.0 Å². The van der Waals surface area contributed by atoms with Crippen LogP contribution in [0, 0.1) is 12.8 Å². The zero-order chi connectivity index (χ0) is 14.7. The van der Waals surface area contributed by atoms with E-state index in [2.05, 4.69) is 24.3 Å². The number of nitrogens with one attached hydrogen (secondary N) is 1. The smallest absolute Gasteiger partial charge is 0.0847 e. The summed E-state index contributed by atoms with van der Waals surface area (Å²) in [5.41, 5.74) is 2.03. The molecule has 3 unspecified atom stereocenters. The summed E-state index contributed by atoms with van der Waals surface area (Å²) in [6.45, 7) is 8.18. The average molecular weight is 300 g/mol. The molecule has 1 saturated heterocycles. The van der Waals surface area contributed by atoms with Crippen LogP contribution in [-0.4, -0.2) is 35.1 Å². The molecule has 0 bridgehead atoms. The molecule has 20 heavy (non-hydrogen) atoms. The van der Waals surface area contributed by atoms with Crippen molar-refractivity contribution >= 4 is 11.6 Å². The van der Waals surface area contributed by atoms with Gasteiger partial charge in [0.2, 0.25) is 0 Å². The van der Waals surface area contributed by atoms with Crippen molar-refractivity contribution in [2.75, 3.05) is 13.2 Å². The molecule has 1 fully saturated rings. The Balaban J connectivity index is 2.10. The van der Waals surface area contributed by atoms with Crippen molar-refractivity contribution in [3.63, 3.8) is 0 Å². The fraction of sp³-hybridized carbons (Fsp3) is 0.800. The van der Waals surface area contributed by atoms with E-state index in [0.717, 1.165) is 48.8 Å². The van der Waals surface area contributed by atoms with Crippen molar-refractivity contribution in [1.82, 2.24) is 15.1 Å². The average Bonchev–Trinajstić information content (AvgIpc) is 2.93. The van der Waals surface area contributed by atoms with Gasteiger partial charge < -0.3 is 10.1 Å². The summed E-state index contributed by atoms with van der Waals surface area (Å²) in [5, 5.41) is 8.88. The van der Waals surface area contributed by atoms with E-state index in [1.807, 2.05) is 18.7 Å². The van der Waals surface area contributed by atoms with Gasteiger partial charge in [-0.1, -0.05) is 18.5 Å². The number of nitrogens with zero attached hydrogens (tertiary/aromatic N) is 2. The highest BCUT2D eigenvalue weighted by atomic mass is 35.5. The maximum absolute atomic E-state index is 6.39. The molecule has 0 aromatic carbocycles. The maximum Gasteiger partial charge on any atom is 0.0847 e. The minimum absolute atomic E-state index is 0.370. The lowest BCUT2D eigenvalue weighted by molar-refractivity contribution is 0.116. The van der Waals surface area contributed by atoms with Crippen LogP contribution in [0.4, 0.5) is 0 Å². The number of aryl methyl sites for hydroxylation is 2. The molecule has 0 radical (unpaired) electrons. The predicted octanol–water partition coefficient (Wildman–Crippen LogP) is 2.72. The van der Waals surface area contributed by atoms with Crippen molar-refractivity contribution in [3.05, 3.63) is 16.4 Å². The number of hydrogen-bond donors (Lipinski definition) is 1.